The van der Waals surface area contributed by atoms with Crippen molar-refractivity contribution in [1.29, 1.82) is 0 Å². The first-order chi connectivity index (χ1) is 15.9. The minimum absolute atomic E-state index is 0.0351. The monoisotopic (exact) mass is 449 g/mol. The molecule has 2 aliphatic rings. The van der Waals surface area contributed by atoms with Gasteiger partial charge in [-0.2, -0.15) is 0 Å². The third-order valence-electron chi connectivity index (χ3n) is 6.40. The van der Waals surface area contributed by atoms with Gasteiger partial charge in [0.1, 0.15) is 6.04 Å². The van der Waals surface area contributed by atoms with Crippen LogP contribution in [0.2, 0.25) is 0 Å². The Labute approximate surface area is 194 Å². The number of anilines is 3. The van der Waals surface area contributed by atoms with Crippen LogP contribution in [0.3, 0.4) is 0 Å². The molecule has 2 aromatic carbocycles. The first-order valence-electron chi connectivity index (χ1n) is 11.4. The smallest absolute Gasteiger partial charge is 0.324 e. The van der Waals surface area contributed by atoms with Crippen LogP contribution in [0.5, 0.6) is 0 Å². The number of benzene rings is 2. The lowest BCUT2D eigenvalue weighted by molar-refractivity contribution is -0.133. The van der Waals surface area contributed by atoms with E-state index in [1.165, 1.54) is 25.6 Å². The summed E-state index contributed by atoms with van der Waals surface area (Å²) in [6.45, 7) is 4.87. The van der Waals surface area contributed by atoms with Gasteiger partial charge in [-0.3, -0.25) is 14.5 Å². The molecule has 0 unspecified atom stereocenters. The van der Waals surface area contributed by atoms with E-state index in [4.69, 9.17) is 0 Å². The Bertz CT molecular complexity index is 980. The van der Waals surface area contributed by atoms with Gasteiger partial charge >= 0.3 is 6.03 Å². The summed E-state index contributed by atoms with van der Waals surface area (Å²) in [7, 11) is 1.39. The third kappa shape index (κ3) is 5.63. The number of hydrogen-bond donors (Lipinski definition) is 3. The molecule has 3 N–H and O–H groups in total. The van der Waals surface area contributed by atoms with Crippen molar-refractivity contribution in [3.8, 4) is 0 Å². The van der Waals surface area contributed by atoms with E-state index in [0.29, 0.717) is 6.54 Å². The molecule has 2 saturated heterocycles. The Morgan fingerprint density at radius 2 is 1.61 bits per heavy atom. The van der Waals surface area contributed by atoms with E-state index >= 15 is 0 Å². The van der Waals surface area contributed by atoms with E-state index in [2.05, 4.69) is 52.0 Å². The Kier molecular flexibility index (Phi) is 6.82. The van der Waals surface area contributed by atoms with Crippen molar-refractivity contribution in [3.63, 3.8) is 0 Å². The normalized spacial score (nSPS) is 19.3. The van der Waals surface area contributed by atoms with E-state index in [9.17, 15) is 14.4 Å². The van der Waals surface area contributed by atoms with Gasteiger partial charge in [0.25, 0.3) is 0 Å². The quantitative estimate of drug-likeness (QED) is 0.630. The van der Waals surface area contributed by atoms with E-state index in [0.717, 1.165) is 40.8 Å². The van der Waals surface area contributed by atoms with E-state index in [-0.39, 0.29) is 18.2 Å². The summed E-state index contributed by atoms with van der Waals surface area (Å²) in [6, 6.07) is 14.9. The average Bonchev–Trinajstić information content (AvgIpc) is 2.82. The van der Waals surface area contributed by atoms with E-state index in [1.54, 1.807) is 0 Å². The largest absolute Gasteiger partial charge is 0.372 e. The van der Waals surface area contributed by atoms with Gasteiger partial charge in [-0.25, -0.2) is 4.79 Å². The van der Waals surface area contributed by atoms with Crippen molar-refractivity contribution < 1.29 is 14.4 Å². The Morgan fingerprint density at radius 1 is 1.00 bits per heavy atom. The lowest BCUT2D eigenvalue weighted by Crippen LogP contribution is -2.57. The average molecular weight is 450 g/mol. The zero-order valence-corrected chi connectivity index (χ0v) is 19.1. The van der Waals surface area contributed by atoms with Crippen LogP contribution in [0.25, 0.3) is 0 Å². The van der Waals surface area contributed by atoms with Crippen molar-refractivity contribution >= 4 is 34.9 Å². The van der Waals surface area contributed by atoms with Crippen molar-refractivity contribution in [1.82, 2.24) is 15.5 Å². The second-order valence-corrected chi connectivity index (χ2v) is 8.92. The zero-order chi connectivity index (χ0) is 23.4. The molecule has 0 spiro atoms. The molecule has 0 aromatic heterocycles. The van der Waals surface area contributed by atoms with Gasteiger partial charge in [0.15, 0.2) is 0 Å². The molecule has 2 aromatic rings. The van der Waals surface area contributed by atoms with Gasteiger partial charge < -0.3 is 20.9 Å². The van der Waals surface area contributed by atoms with Crippen molar-refractivity contribution in [3.05, 3.63) is 54.1 Å². The van der Waals surface area contributed by atoms with Gasteiger partial charge in [-0.15, -0.1) is 0 Å². The van der Waals surface area contributed by atoms with Gasteiger partial charge in [0, 0.05) is 43.7 Å². The predicted molar refractivity (Wildman–Crippen MR) is 128 cm³/mol. The summed E-state index contributed by atoms with van der Waals surface area (Å²) in [5, 5.41) is 8.72. The highest BCUT2D eigenvalue weighted by atomic mass is 16.2. The molecule has 0 saturated carbocycles. The molecule has 8 heteroatoms. The molecule has 0 aliphatic carbocycles. The maximum Gasteiger partial charge on any atom is 0.324 e. The Balaban J connectivity index is 1.26. The number of hydrogen-bond acceptors (Lipinski definition) is 5. The maximum atomic E-state index is 12.3. The fourth-order valence-electron chi connectivity index (χ4n) is 4.09. The van der Waals surface area contributed by atoms with Gasteiger partial charge in [0.2, 0.25) is 11.8 Å². The first kappa shape index (κ1) is 22.6. The van der Waals surface area contributed by atoms with Crippen LogP contribution in [-0.4, -0.2) is 48.9 Å². The molecule has 4 amide bonds. The van der Waals surface area contributed by atoms with Crippen LogP contribution in [0.15, 0.2) is 48.5 Å². The minimum atomic E-state index is -0.835. The van der Waals surface area contributed by atoms with Gasteiger partial charge in [-0.05, 0) is 60.7 Å². The second kappa shape index (κ2) is 9.94. The second-order valence-electron chi connectivity index (χ2n) is 8.92. The highest BCUT2D eigenvalue weighted by Crippen LogP contribution is 2.25. The summed E-state index contributed by atoms with van der Waals surface area (Å²) in [5.41, 5.74) is 4.17. The molecule has 174 valence electrons. The summed E-state index contributed by atoms with van der Waals surface area (Å²) in [6.07, 6.45) is 2.46. The summed E-state index contributed by atoms with van der Waals surface area (Å²) >= 11 is 0. The van der Waals surface area contributed by atoms with E-state index in [1.807, 2.05) is 24.3 Å². The molecular formula is C25H31N5O3. The molecule has 2 aliphatic heterocycles. The highest BCUT2D eigenvalue weighted by molar-refractivity contribution is 6.02. The van der Waals surface area contributed by atoms with Crippen LogP contribution in [0.1, 0.15) is 31.7 Å². The lowest BCUT2D eigenvalue weighted by Gasteiger charge is -2.32. The number of nitrogens with one attached hydrogen (secondary N) is 3. The molecule has 2 heterocycles. The minimum Gasteiger partial charge on any atom is -0.372 e. The third-order valence-corrected chi connectivity index (χ3v) is 6.40. The van der Waals surface area contributed by atoms with Crippen LogP contribution >= 0.6 is 0 Å². The van der Waals surface area contributed by atoms with Gasteiger partial charge in [0.05, 0.1) is 6.42 Å². The predicted octanol–water partition coefficient (Wildman–Crippen LogP) is 3.22. The SMILES string of the molecule is CC1CCN(c2ccc(Nc3ccc(CNC(=O)[C@@H]4CC(=O)N(C)C(=O)N4)cc3)cc2)CC1. The topological polar surface area (TPSA) is 93.8 Å². The molecular weight excluding hydrogens is 418 g/mol. The number of carbonyl (C=O) groups is 3. The molecule has 0 bridgehead atoms. The molecule has 0 radical (unpaired) electrons. The summed E-state index contributed by atoms with van der Waals surface area (Å²) in [4.78, 5) is 39.2. The first-order valence-corrected chi connectivity index (χ1v) is 11.4. The Morgan fingerprint density at radius 3 is 2.21 bits per heavy atom. The number of carbonyl (C=O) groups excluding carboxylic acids is 3. The standard InChI is InChI=1S/C25H31N5O3/c1-17-11-13-30(14-12-17)21-9-7-20(8-10-21)27-19-5-3-18(4-6-19)16-26-24(32)22-15-23(31)29(2)25(33)28-22/h3-10,17,22,27H,11-16H2,1-2H3,(H,26,32)(H,28,33)/t22-/m0/s1. The fraction of sp³-hybridized carbons (Fsp3) is 0.400. The summed E-state index contributed by atoms with van der Waals surface area (Å²) in [5.74, 6) is 0.0842. The van der Waals surface area contributed by atoms with Gasteiger partial charge in [-0.1, -0.05) is 19.1 Å². The number of rotatable bonds is 6. The number of amides is 4. The summed E-state index contributed by atoms with van der Waals surface area (Å²) < 4.78 is 0. The lowest BCUT2D eigenvalue weighted by atomic mass is 9.99. The number of piperidine rings is 1. The molecule has 4 rings (SSSR count). The van der Waals surface area contributed by atoms with Crippen molar-refractivity contribution in [2.24, 2.45) is 5.92 Å². The van der Waals surface area contributed by atoms with Crippen LogP contribution in [-0.2, 0) is 16.1 Å². The molecule has 2 fully saturated rings. The maximum absolute atomic E-state index is 12.3. The Hall–Kier alpha value is -3.55. The zero-order valence-electron chi connectivity index (χ0n) is 19.1. The number of nitrogens with zero attached hydrogens (tertiary/aromatic N) is 2. The van der Waals surface area contributed by atoms with Crippen molar-refractivity contribution in [2.75, 3.05) is 30.4 Å². The van der Waals surface area contributed by atoms with Crippen LogP contribution in [0, 0.1) is 5.92 Å². The van der Waals surface area contributed by atoms with E-state index < -0.39 is 12.1 Å². The van der Waals surface area contributed by atoms with Crippen molar-refractivity contribution in [2.45, 2.75) is 38.8 Å². The number of urea groups is 1. The van der Waals surface area contributed by atoms with Crippen LogP contribution < -0.4 is 20.9 Å². The fourth-order valence-corrected chi connectivity index (χ4v) is 4.09. The van der Waals surface area contributed by atoms with Crippen LogP contribution in [0.4, 0.5) is 21.9 Å². The molecule has 33 heavy (non-hydrogen) atoms. The molecule has 1 atom stereocenters. The highest BCUT2D eigenvalue weighted by Gasteiger charge is 2.33. The molecule has 8 nitrogen and oxygen atoms in total. The number of imide groups is 1.